The van der Waals surface area contributed by atoms with Crippen molar-refractivity contribution >= 4 is 52.2 Å². The Balaban J connectivity index is 1.79. The lowest BCUT2D eigenvalue weighted by Gasteiger charge is -2.16. The molecule has 1 aliphatic rings. The van der Waals surface area contributed by atoms with Crippen LogP contribution >= 0.6 is 23.4 Å². The van der Waals surface area contributed by atoms with Crippen LogP contribution in [-0.4, -0.2) is 48.8 Å². The van der Waals surface area contributed by atoms with Crippen LogP contribution in [0.1, 0.15) is 18.1 Å². The van der Waals surface area contributed by atoms with E-state index in [9.17, 15) is 27.6 Å². The van der Waals surface area contributed by atoms with Gasteiger partial charge in [-0.05, 0) is 60.7 Å². The van der Waals surface area contributed by atoms with Crippen LogP contribution in [0.2, 0.25) is 5.02 Å². The quantitative estimate of drug-likeness (QED) is 0.276. The number of carbonyl (C=O) groups excluding carboxylic acids is 3. The van der Waals surface area contributed by atoms with Gasteiger partial charge in [0.2, 0.25) is 5.91 Å². The maximum absolute atomic E-state index is 13.1. The molecule has 13 heteroatoms. The molecule has 1 saturated heterocycles. The Morgan fingerprint density at radius 1 is 1.18 bits per heavy atom. The van der Waals surface area contributed by atoms with Crippen molar-refractivity contribution in [1.82, 2.24) is 4.90 Å². The van der Waals surface area contributed by atoms with E-state index in [0.29, 0.717) is 46.4 Å². The molecule has 8 nitrogen and oxygen atoms in total. The predicted octanol–water partition coefficient (Wildman–Crippen LogP) is 6.01. The van der Waals surface area contributed by atoms with Gasteiger partial charge in [-0.25, -0.2) is 0 Å². The van der Waals surface area contributed by atoms with Crippen molar-refractivity contribution in [2.45, 2.75) is 13.1 Å². The SMILES string of the molecule is C=CCOc1c(Cl)cc(/C=C2\SC(=O)N(CC(=O)Nc3cc(C(F)(F)F)ccc3OC)C2=O)cc1OCC. The van der Waals surface area contributed by atoms with Gasteiger partial charge in [-0.3, -0.25) is 19.3 Å². The molecule has 1 aliphatic heterocycles. The molecule has 3 rings (SSSR count). The molecule has 1 fully saturated rings. The third-order valence-electron chi connectivity index (χ3n) is 4.95. The number of alkyl halides is 3. The van der Waals surface area contributed by atoms with Gasteiger partial charge < -0.3 is 19.5 Å². The zero-order valence-corrected chi connectivity index (χ0v) is 21.8. The van der Waals surface area contributed by atoms with E-state index in [1.54, 1.807) is 13.0 Å². The highest BCUT2D eigenvalue weighted by Gasteiger charge is 2.37. The van der Waals surface area contributed by atoms with Crippen molar-refractivity contribution < 1.29 is 41.8 Å². The van der Waals surface area contributed by atoms with Crippen LogP contribution in [0.4, 0.5) is 23.7 Å². The average Bonchev–Trinajstić information content (AvgIpc) is 3.10. The summed E-state index contributed by atoms with van der Waals surface area (Å²) in [5.74, 6) is -1.06. The minimum absolute atomic E-state index is 0.0118. The summed E-state index contributed by atoms with van der Waals surface area (Å²) < 4.78 is 55.3. The smallest absolute Gasteiger partial charge is 0.416 e. The summed E-state index contributed by atoms with van der Waals surface area (Å²) in [6.07, 6.45) is -1.70. The second kappa shape index (κ2) is 12.3. The molecule has 0 aliphatic carbocycles. The molecule has 2 aromatic rings. The molecule has 0 radical (unpaired) electrons. The third kappa shape index (κ3) is 6.81. The van der Waals surface area contributed by atoms with Crippen LogP contribution in [0.5, 0.6) is 17.2 Å². The van der Waals surface area contributed by atoms with Crippen molar-refractivity contribution in [2.75, 3.05) is 32.2 Å². The number of hydrogen-bond donors (Lipinski definition) is 1. The van der Waals surface area contributed by atoms with Gasteiger partial charge in [0, 0.05) is 0 Å². The number of ether oxygens (including phenoxy) is 3. The van der Waals surface area contributed by atoms with Gasteiger partial charge in [0.1, 0.15) is 18.9 Å². The van der Waals surface area contributed by atoms with Crippen LogP contribution < -0.4 is 19.5 Å². The van der Waals surface area contributed by atoms with Crippen molar-refractivity contribution in [3.05, 3.63) is 64.0 Å². The highest BCUT2D eigenvalue weighted by molar-refractivity contribution is 8.18. The van der Waals surface area contributed by atoms with Crippen LogP contribution in [0, 0.1) is 0 Å². The first-order valence-corrected chi connectivity index (χ1v) is 12.2. The number of carbonyl (C=O) groups is 3. The Labute approximate surface area is 225 Å². The number of hydrogen-bond acceptors (Lipinski definition) is 7. The summed E-state index contributed by atoms with van der Waals surface area (Å²) in [7, 11) is 1.22. The third-order valence-corrected chi connectivity index (χ3v) is 6.14. The number of benzene rings is 2. The molecular formula is C25H22ClF3N2O6S. The predicted molar refractivity (Wildman–Crippen MR) is 138 cm³/mol. The molecular weight excluding hydrogens is 549 g/mol. The first-order chi connectivity index (χ1) is 18.0. The molecule has 2 aromatic carbocycles. The van der Waals surface area contributed by atoms with Gasteiger partial charge in [0.25, 0.3) is 11.1 Å². The zero-order valence-electron chi connectivity index (χ0n) is 20.2. The topological polar surface area (TPSA) is 94.2 Å². The number of amides is 3. The van der Waals surface area contributed by atoms with E-state index in [1.807, 2.05) is 0 Å². The molecule has 0 spiro atoms. The summed E-state index contributed by atoms with van der Waals surface area (Å²) in [5, 5.41) is 1.74. The number of imide groups is 1. The summed E-state index contributed by atoms with van der Waals surface area (Å²) in [6.45, 7) is 5.12. The van der Waals surface area contributed by atoms with E-state index in [1.165, 1.54) is 25.3 Å². The standard InChI is InChI=1S/C25H22ClF3N2O6S/c1-4-8-37-22-16(26)9-14(10-19(22)36-5-2)11-20-23(33)31(24(34)38-20)13-21(32)30-17-12-15(25(27,28)29)6-7-18(17)35-3/h4,6-7,9-12H,1,5,8,13H2,2-3H3,(H,30,32)/b20-11-. The Bertz CT molecular complexity index is 1300. The summed E-state index contributed by atoms with van der Waals surface area (Å²) in [4.78, 5) is 38.6. The maximum atomic E-state index is 13.1. The Kier molecular flexibility index (Phi) is 9.34. The molecule has 0 bridgehead atoms. The largest absolute Gasteiger partial charge is 0.495 e. The summed E-state index contributed by atoms with van der Waals surface area (Å²) in [5.41, 5.74) is -0.826. The maximum Gasteiger partial charge on any atom is 0.416 e. The zero-order chi connectivity index (χ0) is 28.0. The lowest BCUT2D eigenvalue weighted by Crippen LogP contribution is -2.36. The molecule has 0 aromatic heterocycles. The number of nitrogens with one attached hydrogen (secondary N) is 1. The van der Waals surface area contributed by atoms with E-state index in [-0.39, 0.29) is 28.0 Å². The van der Waals surface area contributed by atoms with E-state index in [0.717, 1.165) is 12.1 Å². The Hall–Kier alpha value is -3.64. The minimum atomic E-state index is -4.65. The van der Waals surface area contributed by atoms with Crippen LogP contribution in [0.25, 0.3) is 6.08 Å². The number of thioether (sulfide) groups is 1. The van der Waals surface area contributed by atoms with Crippen molar-refractivity contribution in [3.8, 4) is 17.2 Å². The van der Waals surface area contributed by atoms with Gasteiger partial charge in [-0.2, -0.15) is 13.2 Å². The average molecular weight is 571 g/mol. The van der Waals surface area contributed by atoms with Gasteiger partial charge >= 0.3 is 6.18 Å². The molecule has 3 amide bonds. The van der Waals surface area contributed by atoms with Crippen LogP contribution in [-0.2, 0) is 15.8 Å². The fourth-order valence-corrected chi connectivity index (χ4v) is 4.43. The number of rotatable bonds is 10. The van der Waals surface area contributed by atoms with Gasteiger partial charge in [-0.1, -0.05) is 24.3 Å². The summed E-state index contributed by atoms with van der Waals surface area (Å²) >= 11 is 6.92. The lowest BCUT2D eigenvalue weighted by molar-refractivity contribution is -0.137. The van der Waals surface area contributed by atoms with Gasteiger partial charge in [0.05, 0.1) is 34.9 Å². The van der Waals surface area contributed by atoms with Crippen LogP contribution in [0.3, 0.4) is 0 Å². The van der Waals surface area contributed by atoms with E-state index in [2.05, 4.69) is 11.9 Å². The van der Waals surface area contributed by atoms with Crippen LogP contribution in [0.15, 0.2) is 47.9 Å². The number of methoxy groups -OCH3 is 1. The van der Waals surface area contributed by atoms with E-state index in [4.69, 9.17) is 25.8 Å². The molecule has 202 valence electrons. The van der Waals surface area contributed by atoms with Crippen molar-refractivity contribution in [1.29, 1.82) is 0 Å². The second-order valence-corrected chi connectivity index (χ2v) is 8.99. The monoisotopic (exact) mass is 570 g/mol. The van der Waals surface area contributed by atoms with Crippen molar-refractivity contribution in [3.63, 3.8) is 0 Å². The Morgan fingerprint density at radius 2 is 1.92 bits per heavy atom. The number of nitrogens with zero attached hydrogens (tertiary/aromatic N) is 1. The summed E-state index contributed by atoms with van der Waals surface area (Å²) in [6, 6.07) is 5.65. The fraction of sp³-hybridized carbons (Fsp3) is 0.240. The highest BCUT2D eigenvalue weighted by Crippen LogP contribution is 2.39. The first-order valence-electron chi connectivity index (χ1n) is 11.0. The molecule has 1 N–H and O–H groups in total. The molecule has 0 unspecified atom stereocenters. The fourth-order valence-electron chi connectivity index (χ4n) is 3.32. The van der Waals surface area contributed by atoms with E-state index < -0.39 is 35.3 Å². The normalized spacial score (nSPS) is 14.6. The van der Waals surface area contributed by atoms with Crippen molar-refractivity contribution in [2.24, 2.45) is 0 Å². The van der Waals surface area contributed by atoms with Gasteiger partial charge in [0.15, 0.2) is 11.5 Å². The molecule has 38 heavy (non-hydrogen) atoms. The minimum Gasteiger partial charge on any atom is -0.495 e. The second-order valence-electron chi connectivity index (χ2n) is 7.59. The molecule has 0 atom stereocenters. The first kappa shape index (κ1) is 28.9. The molecule has 0 saturated carbocycles. The number of halogens is 4. The molecule has 1 heterocycles. The lowest BCUT2D eigenvalue weighted by atomic mass is 10.1. The highest BCUT2D eigenvalue weighted by atomic mass is 35.5. The van der Waals surface area contributed by atoms with E-state index >= 15 is 0 Å². The Morgan fingerprint density at radius 3 is 2.55 bits per heavy atom. The van der Waals surface area contributed by atoms with Gasteiger partial charge in [-0.15, -0.1) is 0 Å². The number of anilines is 1.